The summed E-state index contributed by atoms with van der Waals surface area (Å²) < 4.78 is 27.4. The fourth-order valence-electron chi connectivity index (χ4n) is 2.47. The van der Waals surface area contributed by atoms with Gasteiger partial charge in [-0.2, -0.15) is 0 Å². The Hall–Kier alpha value is -2.19. The molecule has 1 aromatic carbocycles. The summed E-state index contributed by atoms with van der Waals surface area (Å²) >= 11 is 6.13. The normalized spacial score (nSPS) is 13.7. The minimum Gasteiger partial charge on any atom is -0.312 e. The van der Waals surface area contributed by atoms with Crippen LogP contribution in [0.1, 0.15) is 12.5 Å². The summed E-state index contributed by atoms with van der Waals surface area (Å²) in [7, 11) is -3.94. The third-order valence-electron chi connectivity index (χ3n) is 3.50. The highest BCUT2D eigenvalue weighted by atomic mass is 35.5. The Morgan fingerprint density at radius 1 is 1.35 bits per heavy atom. The van der Waals surface area contributed by atoms with Crippen LogP contribution < -0.4 is 9.62 Å². The zero-order valence-electron chi connectivity index (χ0n) is 12.2. The molecule has 1 aliphatic heterocycles. The molecule has 1 aromatic heterocycles. The highest BCUT2D eigenvalue weighted by Gasteiger charge is 2.27. The number of hydrogen-bond acceptors (Lipinski definition) is 5. The van der Waals surface area contributed by atoms with E-state index in [9.17, 15) is 13.2 Å². The predicted molar refractivity (Wildman–Crippen MR) is 86.0 cm³/mol. The van der Waals surface area contributed by atoms with E-state index < -0.39 is 10.0 Å². The number of fused-ring (bicyclic) bond motifs is 1. The Kier molecular flexibility index (Phi) is 3.95. The number of benzene rings is 1. The van der Waals surface area contributed by atoms with E-state index in [0.717, 1.165) is 5.56 Å². The number of nitrogens with zero attached hydrogens (tertiary/aromatic N) is 3. The second-order valence-electron chi connectivity index (χ2n) is 5.03. The largest absolute Gasteiger partial charge is 0.312 e. The summed E-state index contributed by atoms with van der Waals surface area (Å²) in [6.07, 6.45) is 4.75. The number of anilines is 2. The zero-order chi connectivity index (χ0) is 16.6. The molecule has 2 aromatic rings. The summed E-state index contributed by atoms with van der Waals surface area (Å²) in [6, 6.07) is 3.01. The van der Waals surface area contributed by atoms with Gasteiger partial charge in [-0.05, 0) is 24.1 Å². The van der Waals surface area contributed by atoms with Gasteiger partial charge in [0.25, 0.3) is 10.0 Å². The molecule has 0 radical (unpaired) electrons. The fraction of sp³-hybridized carbons (Fsp3) is 0.214. The van der Waals surface area contributed by atoms with Crippen LogP contribution >= 0.6 is 11.6 Å². The lowest BCUT2D eigenvalue weighted by molar-refractivity contribution is -0.116. The van der Waals surface area contributed by atoms with Crippen molar-refractivity contribution >= 4 is 39.0 Å². The maximum absolute atomic E-state index is 12.5. The standard InChI is InChI=1S/C14H13ClN4O3S/c1-9(20)19-5-2-10-6-11(15)13(7-12(10)19)23(21,22)18-14-8-16-3-4-17-14/h3-4,6-8H,2,5H2,1H3,(H,17,18). The molecule has 1 N–H and O–H groups in total. The van der Waals surface area contributed by atoms with Crippen LogP contribution in [0.15, 0.2) is 35.6 Å². The van der Waals surface area contributed by atoms with Gasteiger partial charge in [0.05, 0.1) is 11.2 Å². The van der Waals surface area contributed by atoms with Gasteiger partial charge in [0, 0.05) is 31.5 Å². The number of hydrogen-bond donors (Lipinski definition) is 1. The van der Waals surface area contributed by atoms with Crippen molar-refractivity contribution in [3.63, 3.8) is 0 Å². The number of halogens is 1. The van der Waals surface area contributed by atoms with Crippen molar-refractivity contribution in [3.05, 3.63) is 41.3 Å². The summed E-state index contributed by atoms with van der Waals surface area (Å²) in [5.74, 6) is -0.0520. The van der Waals surface area contributed by atoms with Gasteiger partial charge in [0.15, 0.2) is 5.82 Å². The van der Waals surface area contributed by atoms with E-state index in [-0.39, 0.29) is 21.6 Å². The summed E-state index contributed by atoms with van der Waals surface area (Å²) in [6.45, 7) is 1.96. The Morgan fingerprint density at radius 3 is 2.78 bits per heavy atom. The van der Waals surface area contributed by atoms with Gasteiger partial charge in [-0.15, -0.1) is 0 Å². The summed E-state index contributed by atoms with van der Waals surface area (Å²) in [5.41, 5.74) is 1.42. The number of carbonyl (C=O) groups is 1. The van der Waals surface area contributed by atoms with Crippen LogP contribution in [0.2, 0.25) is 5.02 Å². The second-order valence-corrected chi connectivity index (χ2v) is 7.09. The van der Waals surface area contributed by atoms with E-state index in [1.54, 1.807) is 6.07 Å². The Labute approximate surface area is 138 Å². The van der Waals surface area contributed by atoms with Gasteiger partial charge >= 0.3 is 0 Å². The molecule has 0 aliphatic carbocycles. The van der Waals surface area contributed by atoms with Crippen molar-refractivity contribution < 1.29 is 13.2 Å². The van der Waals surface area contributed by atoms with Crippen LogP contribution in [0.3, 0.4) is 0 Å². The quantitative estimate of drug-likeness (QED) is 0.909. The van der Waals surface area contributed by atoms with E-state index in [1.165, 1.54) is 36.5 Å². The number of aromatic nitrogens is 2. The van der Waals surface area contributed by atoms with Crippen molar-refractivity contribution in [2.24, 2.45) is 0 Å². The molecule has 9 heteroatoms. The van der Waals surface area contributed by atoms with Crippen LogP contribution in [0, 0.1) is 0 Å². The van der Waals surface area contributed by atoms with Crippen LogP contribution in [-0.2, 0) is 21.2 Å². The number of amides is 1. The van der Waals surface area contributed by atoms with Crippen molar-refractivity contribution in [2.45, 2.75) is 18.2 Å². The molecule has 7 nitrogen and oxygen atoms in total. The van der Waals surface area contributed by atoms with Gasteiger partial charge in [0.2, 0.25) is 5.91 Å². The molecule has 1 amide bonds. The minimum absolute atomic E-state index is 0.0903. The molecule has 0 bridgehead atoms. The first kappa shape index (κ1) is 15.7. The molecule has 3 rings (SSSR count). The number of sulfonamides is 1. The topological polar surface area (TPSA) is 92.3 Å². The van der Waals surface area contributed by atoms with Gasteiger partial charge in [-0.1, -0.05) is 11.6 Å². The van der Waals surface area contributed by atoms with E-state index in [0.29, 0.717) is 18.7 Å². The highest BCUT2D eigenvalue weighted by molar-refractivity contribution is 7.92. The van der Waals surface area contributed by atoms with E-state index in [4.69, 9.17) is 11.6 Å². The molecule has 0 atom stereocenters. The molecule has 23 heavy (non-hydrogen) atoms. The molecule has 0 saturated carbocycles. The molecule has 0 fully saturated rings. The van der Waals surface area contributed by atoms with Crippen molar-refractivity contribution in [1.82, 2.24) is 9.97 Å². The lowest BCUT2D eigenvalue weighted by atomic mass is 10.2. The van der Waals surface area contributed by atoms with Crippen molar-refractivity contribution in [2.75, 3.05) is 16.2 Å². The molecule has 120 valence electrons. The molecular formula is C14H13ClN4O3S. The maximum atomic E-state index is 12.5. The zero-order valence-corrected chi connectivity index (χ0v) is 13.7. The first-order valence-electron chi connectivity index (χ1n) is 6.78. The summed E-state index contributed by atoms with van der Waals surface area (Å²) in [5, 5.41) is 0.102. The van der Waals surface area contributed by atoms with Gasteiger partial charge in [-0.3, -0.25) is 14.5 Å². The third kappa shape index (κ3) is 2.99. The molecule has 2 heterocycles. The predicted octanol–water partition coefficient (Wildman–Crippen LogP) is 1.84. The van der Waals surface area contributed by atoms with E-state index >= 15 is 0 Å². The minimum atomic E-state index is -3.94. The summed E-state index contributed by atoms with van der Waals surface area (Å²) in [4.78, 5) is 20.8. The van der Waals surface area contributed by atoms with Crippen LogP contribution in [0.4, 0.5) is 11.5 Å². The van der Waals surface area contributed by atoms with Crippen molar-refractivity contribution in [1.29, 1.82) is 0 Å². The number of rotatable bonds is 3. The van der Waals surface area contributed by atoms with E-state index in [2.05, 4.69) is 14.7 Å². The first-order valence-corrected chi connectivity index (χ1v) is 8.64. The molecule has 0 unspecified atom stereocenters. The first-order chi connectivity index (χ1) is 10.9. The maximum Gasteiger partial charge on any atom is 0.264 e. The Balaban J connectivity index is 2.03. The Morgan fingerprint density at radius 2 is 2.13 bits per heavy atom. The van der Waals surface area contributed by atoms with Crippen LogP contribution in [0.5, 0.6) is 0 Å². The third-order valence-corrected chi connectivity index (χ3v) is 5.32. The van der Waals surface area contributed by atoms with Crippen LogP contribution in [0.25, 0.3) is 0 Å². The lowest BCUT2D eigenvalue weighted by Crippen LogP contribution is -2.26. The van der Waals surface area contributed by atoms with E-state index in [1.807, 2.05) is 0 Å². The fourth-order valence-corrected chi connectivity index (χ4v) is 4.03. The highest BCUT2D eigenvalue weighted by Crippen LogP contribution is 2.35. The molecule has 1 aliphatic rings. The van der Waals surface area contributed by atoms with Crippen molar-refractivity contribution in [3.8, 4) is 0 Å². The lowest BCUT2D eigenvalue weighted by Gasteiger charge is -2.16. The number of carbonyl (C=O) groups excluding carboxylic acids is 1. The van der Waals surface area contributed by atoms with Gasteiger partial charge in [-0.25, -0.2) is 13.4 Å². The molecular weight excluding hydrogens is 340 g/mol. The average Bonchev–Trinajstić information content (AvgIpc) is 2.89. The average molecular weight is 353 g/mol. The van der Waals surface area contributed by atoms with Crippen LogP contribution in [-0.4, -0.2) is 30.8 Å². The van der Waals surface area contributed by atoms with Gasteiger partial charge < -0.3 is 4.90 Å². The molecule has 0 spiro atoms. The monoisotopic (exact) mass is 352 g/mol. The smallest absolute Gasteiger partial charge is 0.264 e. The SMILES string of the molecule is CC(=O)N1CCc2cc(Cl)c(S(=O)(=O)Nc3cnccn3)cc21. The molecule has 0 saturated heterocycles. The number of nitrogens with one attached hydrogen (secondary N) is 1. The second kappa shape index (κ2) is 5.78. The van der Waals surface area contributed by atoms with Gasteiger partial charge in [0.1, 0.15) is 4.90 Å². The Bertz CT molecular complexity index is 871.